The highest BCUT2D eigenvalue weighted by atomic mass is 35.5. The van der Waals surface area contributed by atoms with Crippen molar-refractivity contribution in [2.75, 3.05) is 0 Å². The number of aromatic nitrogens is 2. The molecule has 0 unspecified atom stereocenters. The Hall–Kier alpha value is -1.65. The monoisotopic (exact) mass is 304 g/mol. The summed E-state index contributed by atoms with van der Waals surface area (Å²) >= 11 is 7.43. The molecule has 0 fully saturated rings. The number of rotatable bonds is 2. The summed E-state index contributed by atoms with van der Waals surface area (Å²) in [6, 6.07) is 9.43. The van der Waals surface area contributed by atoms with Gasteiger partial charge in [-0.2, -0.15) is 0 Å². The van der Waals surface area contributed by atoms with Gasteiger partial charge in [-0.25, -0.2) is 4.98 Å². The Balaban J connectivity index is 2.11. The van der Waals surface area contributed by atoms with Crippen LogP contribution in [0.25, 0.3) is 10.2 Å². The minimum Gasteiger partial charge on any atom is -0.292 e. The van der Waals surface area contributed by atoms with E-state index >= 15 is 0 Å². The highest BCUT2D eigenvalue weighted by Crippen LogP contribution is 2.20. The van der Waals surface area contributed by atoms with Gasteiger partial charge in [0.2, 0.25) is 0 Å². The lowest BCUT2D eigenvalue weighted by Gasteiger charge is -2.09. The van der Waals surface area contributed by atoms with E-state index in [0.717, 1.165) is 21.1 Å². The first-order chi connectivity index (χ1) is 9.54. The number of fused-ring (bicyclic) bond motifs is 1. The van der Waals surface area contributed by atoms with Gasteiger partial charge in [-0.1, -0.05) is 23.7 Å². The Morgan fingerprint density at radius 3 is 2.65 bits per heavy atom. The normalized spacial score (nSPS) is 11.2. The number of hydrogen-bond acceptors (Lipinski definition) is 3. The third-order valence-corrected chi connectivity index (χ3v) is 4.42. The molecule has 5 heteroatoms. The summed E-state index contributed by atoms with van der Waals surface area (Å²) in [5.41, 5.74) is 1.06. The molecular weight excluding hydrogens is 292 g/mol. The van der Waals surface area contributed by atoms with E-state index in [1.54, 1.807) is 15.9 Å². The molecule has 0 aliphatic carbocycles. The fourth-order valence-corrected chi connectivity index (χ4v) is 3.24. The van der Waals surface area contributed by atoms with E-state index in [1.165, 1.54) is 0 Å². The molecule has 0 aliphatic rings. The molecule has 0 saturated carbocycles. The lowest BCUT2D eigenvalue weighted by molar-refractivity contribution is 0.714. The highest BCUT2D eigenvalue weighted by molar-refractivity contribution is 7.18. The predicted molar refractivity (Wildman–Crippen MR) is 83.9 cm³/mol. The van der Waals surface area contributed by atoms with E-state index in [1.807, 2.05) is 44.2 Å². The number of halogens is 1. The average molecular weight is 305 g/mol. The minimum absolute atomic E-state index is 0.0202. The van der Waals surface area contributed by atoms with Crippen LogP contribution in [0.2, 0.25) is 5.02 Å². The molecule has 0 amide bonds. The summed E-state index contributed by atoms with van der Waals surface area (Å²) in [6.07, 6.45) is 0. The Morgan fingerprint density at radius 2 is 1.95 bits per heavy atom. The predicted octanol–water partition coefficient (Wildman–Crippen LogP) is 3.78. The maximum Gasteiger partial charge on any atom is 0.262 e. The van der Waals surface area contributed by atoms with E-state index in [0.29, 0.717) is 17.0 Å². The summed E-state index contributed by atoms with van der Waals surface area (Å²) in [4.78, 5) is 19.0. The summed E-state index contributed by atoms with van der Waals surface area (Å²) in [6.45, 7) is 4.37. The van der Waals surface area contributed by atoms with Crippen molar-refractivity contribution in [1.82, 2.24) is 9.55 Å². The molecule has 0 spiro atoms. The molecule has 0 N–H and O–H groups in total. The van der Waals surface area contributed by atoms with E-state index in [9.17, 15) is 4.79 Å². The van der Waals surface area contributed by atoms with Gasteiger partial charge in [-0.05, 0) is 37.6 Å². The van der Waals surface area contributed by atoms with Crippen LogP contribution in [0.3, 0.4) is 0 Å². The summed E-state index contributed by atoms with van der Waals surface area (Å²) in [7, 11) is 0. The van der Waals surface area contributed by atoms with Crippen molar-refractivity contribution in [3.05, 3.63) is 62.0 Å². The average Bonchev–Trinajstić information content (AvgIpc) is 2.77. The van der Waals surface area contributed by atoms with Crippen LogP contribution in [0.5, 0.6) is 0 Å². The number of benzene rings is 1. The van der Waals surface area contributed by atoms with Crippen molar-refractivity contribution in [1.29, 1.82) is 0 Å². The number of thiophene rings is 1. The zero-order chi connectivity index (χ0) is 14.3. The fraction of sp³-hybridized carbons (Fsp3) is 0.200. The van der Waals surface area contributed by atoms with Gasteiger partial charge in [0.1, 0.15) is 10.7 Å². The number of hydrogen-bond donors (Lipinski definition) is 0. The molecule has 3 rings (SSSR count). The number of aryl methyl sites for hydroxylation is 2. The molecule has 102 valence electrons. The van der Waals surface area contributed by atoms with Crippen LogP contribution in [0.4, 0.5) is 0 Å². The van der Waals surface area contributed by atoms with E-state index < -0.39 is 0 Å². The first-order valence-electron chi connectivity index (χ1n) is 6.26. The Labute approximate surface area is 125 Å². The van der Waals surface area contributed by atoms with Crippen LogP contribution >= 0.6 is 22.9 Å². The van der Waals surface area contributed by atoms with Crippen LogP contribution in [0.15, 0.2) is 35.1 Å². The molecule has 3 nitrogen and oxygen atoms in total. The maximum atomic E-state index is 12.5. The van der Waals surface area contributed by atoms with Crippen LogP contribution < -0.4 is 5.56 Å². The smallest absolute Gasteiger partial charge is 0.262 e. The zero-order valence-electron chi connectivity index (χ0n) is 11.2. The molecule has 2 aromatic heterocycles. The second kappa shape index (κ2) is 5.04. The van der Waals surface area contributed by atoms with Gasteiger partial charge in [0.25, 0.3) is 5.56 Å². The van der Waals surface area contributed by atoms with E-state index in [2.05, 4.69) is 4.98 Å². The Kier molecular flexibility index (Phi) is 3.36. The third-order valence-electron chi connectivity index (χ3n) is 3.22. The molecule has 2 heterocycles. The van der Waals surface area contributed by atoms with Crippen LogP contribution in [0.1, 0.15) is 16.3 Å². The molecular formula is C15H13ClN2OS. The molecule has 20 heavy (non-hydrogen) atoms. The molecule has 0 atom stereocenters. The molecule has 3 aromatic rings. The zero-order valence-corrected chi connectivity index (χ0v) is 12.8. The number of nitrogens with zero attached hydrogens (tertiary/aromatic N) is 2. The lowest BCUT2D eigenvalue weighted by atomic mass is 10.2. The van der Waals surface area contributed by atoms with Gasteiger partial charge in [0, 0.05) is 9.90 Å². The van der Waals surface area contributed by atoms with Crippen molar-refractivity contribution < 1.29 is 0 Å². The lowest BCUT2D eigenvalue weighted by Crippen LogP contribution is -2.23. The second-order valence-electron chi connectivity index (χ2n) is 4.75. The van der Waals surface area contributed by atoms with E-state index in [-0.39, 0.29) is 5.56 Å². The quantitative estimate of drug-likeness (QED) is 0.722. The Bertz CT molecular complexity index is 833. The van der Waals surface area contributed by atoms with Gasteiger partial charge >= 0.3 is 0 Å². The molecule has 0 aliphatic heterocycles. The molecule has 0 saturated heterocycles. The van der Waals surface area contributed by atoms with Gasteiger partial charge < -0.3 is 0 Å². The van der Waals surface area contributed by atoms with Gasteiger partial charge in [0.05, 0.1) is 11.9 Å². The minimum atomic E-state index is 0.0202. The third kappa shape index (κ3) is 2.37. The standard InChI is InChI=1S/C15H13ClN2OS/c1-9-7-13-14(20-9)17-10(2)18(15(13)19)8-11-3-5-12(16)6-4-11/h3-7H,8H2,1-2H3. The molecule has 0 radical (unpaired) electrons. The molecule has 1 aromatic carbocycles. The van der Waals surface area contributed by atoms with Gasteiger partial charge in [0.15, 0.2) is 0 Å². The summed E-state index contributed by atoms with van der Waals surface area (Å²) in [5.74, 6) is 0.735. The van der Waals surface area contributed by atoms with Crippen molar-refractivity contribution in [2.45, 2.75) is 20.4 Å². The summed E-state index contributed by atoms with van der Waals surface area (Å²) < 4.78 is 1.71. The summed E-state index contributed by atoms with van der Waals surface area (Å²) in [5, 5.41) is 1.40. The highest BCUT2D eigenvalue weighted by Gasteiger charge is 2.10. The van der Waals surface area contributed by atoms with Crippen LogP contribution in [-0.2, 0) is 6.54 Å². The SMILES string of the molecule is Cc1cc2c(=O)n(Cc3ccc(Cl)cc3)c(C)nc2s1. The van der Waals surface area contributed by atoms with E-state index in [4.69, 9.17) is 11.6 Å². The van der Waals surface area contributed by atoms with Gasteiger partial charge in [-0.3, -0.25) is 9.36 Å². The largest absolute Gasteiger partial charge is 0.292 e. The van der Waals surface area contributed by atoms with Crippen molar-refractivity contribution in [3.8, 4) is 0 Å². The maximum absolute atomic E-state index is 12.5. The first kappa shape index (κ1) is 13.3. The van der Waals surface area contributed by atoms with Crippen LogP contribution in [0, 0.1) is 13.8 Å². The molecule has 0 bridgehead atoms. The Morgan fingerprint density at radius 1 is 1.25 bits per heavy atom. The topological polar surface area (TPSA) is 34.9 Å². The van der Waals surface area contributed by atoms with Crippen molar-refractivity contribution in [3.63, 3.8) is 0 Å². The van der Waals surface area contributed by atoms with Gasteiger partial charge in [-0.15, -0.1) is 11.3 Å². The van der Waals surface area contributed by atoms with Crippen LogP contribution in [-0.4, -0.2) is 9.55 Å². The van der Waals surface area contributed by atoms with Crippen molar-refractivity contribution in [2.24, 2.45) is 0 Å². The second-order valence-corrected chi connectivity index (χ2v) is 6.42. The first-order valence-corrected chi connectivity index (χ1v) is 7.46. The van der Waals surface area contributed by atoms with Crippen molar-refractivity contribution >= 4 is 33.2 Å². The fourth-order valence-electron chi connectivity index (χ4n) is 2.20.